The van der Waals surface area contributed by atoms with E-state index in [2.05, 4.69) is 28.6 Å². The maximum atomic E-state index is 13.3. The first kappa shape index (κ1) is 16.3. The molecule has 1 saturated carbocycles. The third-order valence-electron chi connectivity index (χ3n) is 6.21. The topological polar surface area (TPSA) is 8.17 Å². The minimum atomic E-state index is -0.161. The van der Waals surface area contributed by atoms with E-state index >= 15 is 0 Å². The average Bonchev–Trinajstić information content (AvgIpc) is 2.89. The molecule has 1 aromatic heterocycles. The zero-order valence-electron chi connectivity index (χ0n) is 14.9. The molecule has 0 radical (unpaired) electrons. The number of nitrogens with zero attached hydrogens (tertiary/aromatic N) is 2. The summed E-state index contributed by atoms with van der Waals surface area (Å²) < 4.78 is 15.9. The number of fused-ring (bicyclic) bond motifs is 3. The fraction of sp³-hybridized carbons (Fsp3) is 0.364. The van der Waals surface area contributed by atoms with Crippen LogP contribution in [0.2, 0.25) is 5.02 Å². The predicted octanol–water partition coefficient (Wildman–Crippen LogP) is 5.54. The molecule has 5 rings (SSSR count). The van der Waals surface area contributed by atoms with Crippen molar-refractivity contribution in [3.63, 3.8) is 0 Å². The van der Waals surface area contributed by atoms with E-state index in [0.29, 0.717) is 12.0 Å². The van der Waals surface area contributed by atoms with E-state index in [1.165, 1.54) is 34.1 Å². The van der Waals surface area contributed by atoms with Gasteiger partial charge in [0.2, 0.25) is 0 Å². The Balaban J connectivity index is 1.64. The molecular weight excluding hydrogens is 347 g/mol. The van der Waals surface area contributed by atoms with E-state index in [9.17, 15) is 4.39 Å². The number of benzene rings is 2. The summed E-state index contributed by atoms with van der Waals surface area (Å²) in [6.45, 7) is 2.07. The molecule has 1 fully saturated rings. The third-order valence-corrected chi connectivity index (χ3v) is 6.44. The Morgan fingerprint density at radius 1 is 1.08 bits per heavy atom. The number of rotatable bonds is 2. The second kappa shape index (κ2) is 6.11. The van der Waals surface area contributed by atoms with Gasteiger partial charge in [-0.3, -0.25) is 0 Å². The fourth-order valence-corrected chi connectivity index (χ4v) is 4.94. The van der Waals surface area contributed by atoms with Crippen LogP contribution in [0.1, 0.15) is 41.6 Å². The Kier molecular flexibility index (Phi) is 3.84. The minimum Gasteiger partial charge on any atom is -0.341 e. The number of halogens is 2. The van der Waals surface area contributed by atoms with Crippen LogP contribution in [0.4, 0.5) is 4.39 Å². The van der Waals surface area contributed by atoms with Gasteiger partial charge in [-0.15, -0.1) is 0 Å². The molecule has 0 spiro atoms. The SMILES string of the molecule is CN1CCc2c(c3cc(Cl)ccc3n2[C@@H]2CC[C@@H]2c2ccc(F)cc2)C1. The Morgan fingerprint density at radius 3 is 2.62 bits per heavy atom. The van der Waals surface area contributed by atoms with Gasteiger partial charge in [-0.1, -0.05) is 23.7 Å². The monoisotopic (exact) mass is 368 g/mol. The maximum absolute atomic E-state index is 13.3. The second-order valence-electron chi connectivity index (χ2n) is 7.75. The van der Waals surface area contributed by atoms with Crippen LogP contribution in [0.3, 0.4) is 0 Å². The molecule has 1 aliphatic carbocycles. The highest BCUT2D eigenvalue weighted by Crippen LogP contribution is 2.49. The summed E-state index contributed by atoms with van der Waals surface area (Å²) in [5.74, 6) is 0.303. The van der Waals surface area contributed by atoms with Crippen molar-refractivity contribution in [3.8, 4) is 0 Å². The molecule has 2 aromatic carbocycles. The lowest BCUT2D eigenvalue weighted by Crippen LogP contribution is -2.32. The molecule has 0 N–H and O–H groups in total. The molecule has 0 saturated heterocycles. The zero-order chi connectivity index (χ0) is 17.8. The first-order valence-corrected chi connectivity index (χ1v) is 9.75. The van der Waals surface area contributed by atoms with Gasteiger partial charge in [-0.2, -0.15) is 0 Å². The van der Waals surface area contributed by atoms with Crippen molar-refractivity contribution < 1.29 is 4.39 Å². The fourth-order valence-electron chi connectivity index (χ4n) is 4.77. The summed E-state index contributed by atoms with van der Waals surface area (Å²) in [5.41, 5.74) is 5.45. The summed E-state index contributed by atoms with van der Waals surface area (Å²) in [6, 6.07) is 13.8. The van der Waals surface area contributed by atoms with Gasteiger partial charge in [0, 0.05) is 53.1 Å². The molecular formula is C22H22ClFN2. The van der Waals surface area contributed by atoms with Gasteiger partial charge in [-0.25, -0.2) is 4.39 Å². The van der Waals surface area contributed by atoms with E-state index in [0.717, 1.165) is 31.0 Å². The van der Waals surface area contributed by atoms with Gasteiger partial charge < -0.3 is 9.47 Å². The predicted molar refractivity (Wildman–Crippen MR) is 104 cm³/mol. The summed E-state index contributed by atoms with van der Waals surface area (Å²) in [5, 5.41) is 2.10. The number of hydrogen-bond donors (Lipinski definition) is 0. The number of likely N-dealkylation sites (N-methyl/N-ethyl adjacent to an activating group) is 1. The van der Waals surface area contributed by atoms with Crippen molar-refractivity contribution in [1.29, 1.82) is 0 Å². The Hall–Kier alpha value is -1.84. The molecule has 2 aliphatic rings. The summed E-state index contributed by atoms with van der Waals surface area (Å²) in [7, 11) is 2.18. The van der Waals surface area contributed by atoms with Crippen LogP contribution in [-0.2, 0) is 13.0 Å². The van der Waals surface area contributed by atoms with Crippen molar-refractivity contribution in [2.24, 2.45) is 0 Å². The minimum absolute atomic E-state index is 0.161. The van der Waals surface area contributed by atoms with Gasteiger partial charge in [-0.05, 0) is 61.3 Å². The highest BCUT2D eigenvalue weighted by Gasteiger charge is 2.37. The molecule has 134 valence electrons. The van der Waals surface area contributed by atoms with E-state index < -0.39 is 0 Å². The Labute approximate surface area is 158 Å². The van der Waals surface area contributed by atoms with Crippen molar-refractivity contribution >= 4 is 22.5 Å². The maximum Gasteiger partial charge on any atom is 0.123 e. The van der Waals surface area contributed by atoms with Crippen LogP contribution in [0.5, 0.6) is 0 Å². The molecule has 0 bridgehead atoms. The van der Waals surface area contributed by atoms with E-state index in [1.807, 2.05) is 18.2 Å². The number of hydrogen-bond acceptors (Lipinski definition) is 1. The van der Waals surface area contributed by atoms with Gasteiger partial charge >= 0.3 is 0 Å². The first-order valence-electron chi connectivity index (χ1n) is 9.37. The quantitative estimate of drug-likeness (QED) is 0.576. The summed E-state index contributed by atoms with van der Waals surface area (Å²) >= 11 is 6.32. The highest BCUT2D eigenvalue weighted by atomic mass is 35.5. The van der Waals surface area contributed by atoms with Crippen molar-refractivity contribution in [1.82, 2.24) is 9.47 Å². The molecule has 1 aliphatic heterocycles. The van der Waals surface area contributed by atoms with Gasteiger partial charge in [0.05, 0.1) is 0 Å². The van der Waals surface area contributed by atoms with Gasteiger partial charge in [0.25, 0.3) is 0 Å². The molecule has 2 atom stereocenters. The lowest BCUT2D eigenvalue weighted by Gasteiger charge is -2.40. The van der Waals surface area contributed by atoms with Crippen molar-refractivity contribution in [3.05, 3.63) is 70.1 Å². The second-order valence-corrected chi connectivity index (χ2v) is 8.18. The largest absolute Gasteiger partial charge is 0.341 e. The summed E-state index contributed by atoms with van der Waals surface area (Å²) in [6.07, 6.45) is 3.42. The average molecular weight is 369 g/mol. The van der Waals surface area contributed by atoms with Gasteiger partial charge in [0.15, 0.2) is 0 Å². The van der Waals surface area contributed by atoms with Crippen LogP contribution < -0.4 is 0 Å². The van der Waals surface area contributed by atoms with E-state index in [1.54, 1.807) is 12.1 Å². The van der Waals surface area contributed by atoms with E-state index in [4.69, 9.17) is 11.6 Å². The van der Waals surface area contributed by atoms with Crippen LogP contribution in [-0.4, -0.2) is 23.1 Å². The smallest absolute Gasteiger partial charge is 0.123 e. The molecule has 3 aromatic rings. The Bertz CT molecular complexity index is 976. The van der Waals surface area contributed by atoms with E-state index in [-0.39, 0.29) is 5.82 Å². The van der Waals surface area contributed by atoms with Gasteiger partial charge in [0.1, 0.15) is 5.82 Å². The molecule has 2 heterocycles. The highest BCUT2D eigenvalue weighted by molar-refractivity contribution is 6.31. The lowest BCUT2D eigenvalue weighted by molar-refractivity contribution is 0.247. The first-order chi connectivity index (χ1) is 12.6. The normalized spacial score (nSPS) is 23.0. The van der Waals surface area contributed by atoms with Crippen molar-refractivity contribution in [2.75, 3.05) is 13.6 Å². The zero-order valence-corrected chi connectivity index (χ0v) is 15.6. The Morgan fingerprint density at radius 2 is 1.88 bits per heavy atom. The lowest BCUT2D eigenvalue weighted by atomic mass is 9.74. The molecule has 4 heteroatoms. The van der Waals surface area contributed by atoms with Crippen LogP contribution in [0.15, 0.2) is 42.5 Å². The van der Waals surface area contributed by atoms with Crippen LogP contribution >= 0.6 is 11.6 Å². The molecule has 0 amide bonds. The van der Waals surface area contributed by atoms with Crippen LogP contribution in [0, 0.1) is 5.82 Å². The standard InChI is InChI=1S/C22H22ClFN2/c1-25-11-10-22-19(13-25)18-12-15(23)4-8-21(18)26(22)20-9-7-17(20)14-2-5-16(24)6-3-14/h2-6,8,12,17,20H,7,9-11,13H2,1H3/t17-,20-/m1/s1. The molecule has 0 unspecified atom stereocenters. The van der Waals surface area contributed by atoms with Crippen LogP contribution in [0.25, 0.3) is 10.9 Å². The summed E-state index contributed by atoms with van der Waals surface area (Å²) in [4.78, 5) is 2.38. The molecule has 26 heavy (non-hydrogen) atoms. The van der Waals surface area contributed by atoms with Crippen molar-refractivity contribution in [2.45, 2.75) is 37.8 Å². The third kappa shape index (κ3) is 2.49. The number of aromatic nitrogens is 1. The molecule has 2 nitrogen and oxygen atoms in total.